The van der Waals surface area contributed by atoms with Gasteiger partial charge in [-0.05, 0) is 55.0 Å². The van der Waals surface area contributed by atoms with Crippen molar-refractivity contribution >= 4 is 17.3 Å². The first kappa shape index (κ1) is 18.7. The largest absolute Gasteiger partial charge is 0.497 e. The van der Waals surface area contributed by atoms with Gasteiger partial charge in [0.25, 0.3) is 5.91 Å². The maximum Gasteiger partial charge on any atom is 0.262 e. The second-order valence-electron chi connectivity index (χ2n) is 6.66. The molecule has 0 radical (unpaired) electrons. The third-order valence-corrected chi connectivity index (χ3v) is 4.93. The Morgan fingerprint density at radius 2 is 1.93 bits per heavy atom. The Hall–Kier alpha value is -3.61. The van der Waals surface area contributed by atoms with Gasteiger partial charge in [0, 0.05) is 18.0 Å². The van der Waals surface area contributed by atoms with E-state index < -0.39 is 6.17 Å². The zero-order valence-electron chi connectivity index (χ0n) is 16.3. The van der Waals surface area contributed by atoms with E-state index in [1.807, 2.05) is 0 Å². The van der Waals surface area contributed by atoms with Crippen LogP contribution in [-0.4, -0.2) is 25.1 Å². The van der Waals surface area contributed by atoms with Crippen LogP contribution in [-0.2, 0) is 0 Å². The molecule has 1 atom stereocenters. The van der Waals surface area contributed by atoms with Gasteiger partial charge in [0.05, 0.1) is 31.2 Å². The molecule has 1 aromatic heterocycles. The van der Waals surface area contributed by atoms with Crippen molar-refractivity contribution in [3.63, 3.8) is 0 Å². The maximum atomic E-state index is 13.6. The number of carbonyl (C=O) groups is 1. The van der Waals surface area contributed by atoms with Crippen molar-refractivity contribution in [1.82, 2.24) is 4.98 Å². The van der Waals surface area contributed by atoms with Crippen LogP contribution >= 0.6 is 0 Å². The zero-order chi connectivity index (χ0) is 20.5. The molecule has 29 heavy (non-hydrogen) atoms. The number of hydrogen-bond acceptors (Lipinski definition) is 5. The van der Waals surface area contributed by atoms with Crippen LogP contribution in [0.3, 0.4) is 0 Å². The fourth-order valence-corrected chi connectivity index (χ4v) is 3.49. The molecule has 0 spiro atoms. The molecule has 2 aromatic carbocycles. The fourth-order valence-electron chi connectivity index (χ4n) is 3.49. The molecule has 7 heteroatoms. The Balaban J connectivity index is 1.85. The molecule has 2 heterocycles. The lowest BCUT2D eigenvalue weighted by Gasteiger charge is -2.28. The summed E-state index contributed by atoms with van der Waals surface area (Å²) in [5, 5.41) is 3.34. The number of pyridine rings is 1. The predicted molar refractivity (Wildman–Crippen MR) is 108 cm³/mol. The summed E-state index contributed by atoms with van der Waals surface area (Å²) < 4.78 is 24.4. The highest BCUT2D eigenvalue weighted by Crippen LogP contribution is 2.42. The van der Waals surface area contributed by atoms with E-state index in [2.05, 4.69) is 10.3 Å². The molecule has 1 N–H and O–H groups in total. The second kappa shape index (κ2) is 7.43. The summed E-state index contributed by atoms with van der Waals surface area (Å²) in [6, 6.07) is 13.2. The molecule has 1 amide bonds. The van der Waals surface area contributed by atoms with Crippen LogP contribution in [0.1, 0.15) is 27.8 Å². The molecule has 1 unspecified atom stereocenters. The van der Waals surface area contributed by atoms with Gasteiger partial charge >= 0.3 is 0 Å². The Kier molecular flexibility index (Phi) is 4.80. The van der Waals surface area contributed by atoms with Crippen molar-refractivity contribution in [3.05, 3.63) is 77.4 Å². The zero-order valence-corrected chi connectivity index (χ0v) is 16.3. The average molecular weight is 393 g/mol. The van der Waals surface area contributed by atoms with Crippen molar-refractivity contribution in [2.45, 2.75) is 13.1 Å². The normalized spacial score (nSPS) is 15.2. The number of nitrogens with one attached hydrogen (secondary N) is 1. The number of rotatable bonds is 5. The number of aryl methyl sites for hydroxylation is 1. The highest BCUT2D eigenvalue weighted by molar-refractivity contribution is 6.11. The van der Waals surface area contributed by atoms with E-state index in [4.69, 9.17) is 9.47 Å². The Morgan fingerprint density at radius 3 is 2.66 bits per heavy atom. The summed E-state index contributed by atoms with van der Waals surface area (Å²) in [5.74, 6) is 0.584. The van der Waals surface area contributed by atoms with Crippen LogP contribution in [0.2, 0.25) is 0 Å². The first-order valence-corrected chi connectivity index (χ1v) is 9.06. The molecule has 4 rings (SSSR count). The minimum atomic E-state index is -0.594. The topological polar surface area (TPSA) is 63.7 Å². The first-order chi connectivity index (χ1) is 14.0. The lowest BCUT2D eigenvalue weighted by atomic mass is 10.1. The van der Waals surface area contributed by atoms with Crippen molar-refractivity contribution < 1.29 is 18.7 Å². The number of nitrogens with zero attached hydrogens (tertiary/aromatic N) is 2. The number of aromatic nitrogens is 1. The van der Waals surface area contributed by atoms with Gasteiger partial charge in [-0.15, -0.1) is 0 Å². The summed E-state index contributed by atoms with van der Waals surface area (Å²) >= 11 is 0. The standard InChI is InChI=1S/C22H20FN3O3/c1-13-11-14(23)6-8-17(13)25-21-20-16(5-4-10-24-20)22(27)26(21)18-12-15(28-2)7-9-19(18)29-3/h4-12,21,25H,1-3H3. The Bertz CT molecular complexity index is 1090. The highest BCUT2D eigenvalue weighted by atomic mass is 19.1. The molecule has 0 aliphatic carbocycles. The molecule has 1 aliphatic heterocycles. The minimum absolute atomic E-state index is 0.211. The van der Waals surface area contributed by atoms with Crippen LogP contribution in [0.15, 0.2) is 54.7 Å². The molecule has 6 nitrogen and oxygen atoms in total. The van der Waals surface area contributed by atoms with Crippen LogP contribution < -0.4 is 19.7 Å². The number of hydrogen-bond donors (Lipinski definition) is 1. The number of anilines is 2. The summed E-state index contributed by atoms with van der Waals surface area (Å²) in [6.07, 6.45) is 1.05. The van der Waals surface area contributed by atoms with Gasteiger partial charge in [-0.25, -0.2) is 4.39 Å². The lowest BCUT2D eigenvalue weighted by Crippen LogP contribution is -2.33. The van der Waals surface area contributed by atoms with Crippen LogP contribution in [0.5, 0.6) is 11.5 Å². The fraction of sp³-hybridized carbons (Fsp3) is 0.182. The third kappa shape index (κ3) is 3.24. The van der Waals surface area contributed by atoms with E-state index in [-0.39, 0.29) is 11.7 Å². The van der Waals surface area contributed by atoms with E-state index in [1.165, 1.54) is 12.1 Å². The molecular weight excluding hydrogens is 373 g/mol. The van der Waals surface area contributed by atoms with E-state index in [1.54, 1.807) is 68.6 Å². The van der Waals surface area contributed by atoms with E-state index in [0.29, 0.717) is 34.1 Å². The summed E-state index contributed by atoms with van der Waals surface area (Å²) in [5.41, 5.74) is 3.06. The smallest absolute Gasteiger partial charge is 0.262 e. The number of ether oxygens (including phenoxy) is 2. The summed E-state index contributed by atoms with van der Waals surface area (Å²) in [4.78, 5) is 19.3. The van der Waals surface area contributed by atoms with Gasteiger partial charge < -0.3 is 14.8 Å². The van der Waals surface area contributed by atoms with E-state index >= 15 is 0 Å². The van der Waals surface area contributed by atoms with Crippen molar-refractivity contribution in [1.29, 1.82) is 0 Å². The number of halogens is 1. The SMILES string of the molecule is COc1ccc(OC)c(N2C(=O)c3cccnc3C2Nc2ccc(F)cc2C)c1. The number of carbonyl (C=O) groups excluding carboxylic acids is 1. The monoisotopic (exact) mass is 393 g/mol. The van der Waals surface area contributed by atoms with Gasteiger partial charge in [-0.2, -0.15) is 0 Å². The third-order valence-electron chi connectivity index (χ3n) is 4.93. The van der Waals surface area contributed by atoms with Crippen molar-refractivity contribution in [3.8, 4) is 11.5 Å². The molecule has 148 valence electrons. The van der Waals surface area contributed by atoms with Crippen LogP contribution in [0.4, 0.5) is 15.8 Å². The van der Waals surface area contributed by atoms with Gasteiger partial charge in [-0.1, -0.05) is 0 Å². The van der Waals surface area contributed by atoms with Gasteiger partial charge in [0.1, 0.15) is 17.3 Å². The Morgan fingerprint density at radius 1 is 1.10 bits per heavy atom. The van der Waals surface area contributed by atoms with Crippen molar-refractivity contribution in [2.75, 3.05) is 24.4 Å². The van der Waals surface area contributed by atoms with Gasteiger partial charge in [-0.3, -0.25) is 14.7 Å². The maximum absolute atomic E-state index is 13.6. The number of amides is 1. The molecule has 0 saturated carbocycles. The predicted octanol–water partition coefficient (Wildman–Crippen LogP) is 4.32. The van der Waals surface area contributed by atoms with E-state index in [9.17, 15) is 9.18 Å². The number of fused-ring (bicyclic) bond motifs is 1. The van der Waals surface area contributed by atoms with E-state index in [0.717, 1.165) is 5.56 Å². The quantitative estimate of drug-likeness (QED) is 0.700. The molecule has 0 saturated heterocycles. The van der Waals surface area contributed by atoms with Crippen LogP contribution in [0.25, 0.3) is 0 Å². The van der Waals surface area contributed by atoms with Gasteiger partial charge in [0.15, 0.2) is 6.17 Å². The summed E-state index contributed by atoms with van der Waals surface area (Å²) in [6.45, 7) is 1.80. The number of benzene rings is 2. The van der Waals surface area contributed by atoms with Gasteiger partial charge in [0.2, 0.25) is 0 Å². The molecule has 3 aromatic rings. The van der Waals surface area contributed by atoms with Crippen LogP contribution in [0, 0.1) is 12.7 Å². The Labute approximate surface area is 167 Å². The highest BCUT2D eigenvalue weighted by Gasteiger charge is 2.40. The summed E-state index contributed by atoms with van der Waals surface area (Å²) in [7, 11) is 3.11. The molecular formula is C22H20FN3O3. The van der Waals surface area contributed by atoms with Crippen molar-refractivity contribution in [2.24, 2.45) is 0 Å². The lowest BCUT2D eigenvalue weighted by molar-refractivity contribution is 0.0992. The minimum Gasteiger partial charge on any atom is -0.497 e. The molecule has 0 fully saturated rings. The number of methoxy groups -OCH3 is 2. The molecule has 1 aliphatic rings. The first-order valence-electron chi connectivity index (χ1n) is 9.06. The second-order valence-corrected chi connectivity index (χ2v) is 6.66. The molecule has 0 bridgehead atoms. The average Bonchev–Trinajstić information content (AvgIpc) is 3.01.